The summed E-state index contributed by atoms with van der Waals surface area (Å²) in [4.78, 5) is 30.9. The van der Waals surface area contributed by atoms with E-state index in [0.29, 0.717) is 16.1 Å². The molecule has 4 rings (SSSR count). The van der Waals surface area contributed by atoms with Crippen molar-refractivity contribution >= 4 is 46.2 Å². The van der Waals surface area contributed by atoms with Crippen LogP contribution in [0.5, 0.6) is 0 Å². The number of aromatic nitrogens is 1. The second-order valence-electron chi connectivity index (χ2n) is 6.93. The molecule has 2 aromatic heterocycles. The molecule has 2 N–H and O–H groups in total. The van der Waals surface area contributed by atoms with E-state index in [1.807, 2.05) is 31.2 Å². The highest BCUT2D eigenvalue weighted by atomic mass is 35.5. The Balaban J connectivity index is 0.00000240. The fourth-order valence-corrected chi connectivity index (χ4v) is 4.68. The van der Waals surface area contributed by atoms with Crippen LogP contribution in [-0.2, 0) is 12.8 Å². The maximum absolute atomic E-state index is 13.1. The number of nitrogens with one attached hydrogen (secondary N) is 2. The van der Waals surface area contributed by atoms with Crippen molar-refractivity contribution in [2.75, 3.05) is 10.6 Å². The van der Waals surface area contributed by atoms with E-state index in [1.54, 1.807) is 18.3 Å². The molecule has 150 valence electrons. The molecule has 1 aromatic carbocycles. The Kier molecular flexibility index (Phi) is 6.67. The fraction of sp³-hybridized carbons (Fsp3) is 0.227. The molecule has 0 fully saturated rings. The van der Waals surface area contributed by atoms with Crippen LogP contribution in [0, 0.1) is 6.92 Å². The van der Waals surface area contributed by atoms with Gasteiger partial charge in [0.05, 0.1) is 11.1 Å². The van der Waals surface area contributed by atoms with Gasteiger partial charge in [0.15, 0.2) is 0 Å². The summed E-state index contributed by atoms with van der Waals surface area (Å²) in [6.45, 7) is 2.01. The first-order valence-corrected chi connectivity index (χ1v) is 10.2. The highest BCUT2D eigenvalue weighted by Crippen LogP contribution is 2.38. The second kappa shape index (κ2) is 9.20. The number of pyridine rings is 1. The van der Waals surface area contributed by atoms with E-state index in [0.717, 1.165) is 42.5 Å². The van der Waals surface area contributed by atoms with Crippen molar-refractivity contribution in [2.24, 2.45) is 0 Å². The van der Waals surface area contributed by atoms with Crippen LogP contribution in [0.1, 0.15) is 49.6 Å². The van der Waals surface area contributed by atoms with Crippen molar-refractivity contribution < 1.29 is 9.59 Å². The number of thiophene rings is 1. The Morgan fingerprint density at radius 3 is 2.48 bits per heavy atom. The molecule has 0 bridgehead atoms. The Bertz CT molecular complexity index is 1020. The smallest absolute Gasteiger partial charge is 0.258 e. The number of halogens is 1. The Morgan fingerprint density at radius 1 is 1.00 bits per heavy atom. The molecule has 0 radical (unpaired) electrons. The van der Waals surface area contributed by atoms with Gasteiger partial charge in [-0.25, -0.2) is 0 Å². The SMILES string of the molecule is Cc1ccc(NC(=O)c2c(NC(=O)c3cccnc3)sc3c2CCCC3)cc1.Cl. The number of carbonyl (C=O) groups is 2. The molecule has 0 spiro atoms. The van der Waals surface area contributed by atoms with Crippen LogP contribution in [0.4, 0.5) is 10.7 Å². The number of nitrogens with zero attached hydrogens (tertiary/aromatic N) is 1. The first-order chi connectivity index (χ1) is 13.6. The number of amides is 2. The number of aryl methyl sites for hydroxylation is 2. The number of hydrogen-bond acceptors (Lipinski definition) is 4. The number of fused-ring (bicyclic) bond motifs is 1. The van der Waals surface area contributed by atoms with Crippen molar-refractivity contribution in [1.82, 2.24) is 4.98 Å². The number of benzene rings is 1. The van der Waals surface area contributed by atoms with Crippen molar-refractivity contribution in [1.29, 1.82) is 0 Å². The third-order valence-electron chi connectivity index (χ3n) is 4.86. The lowest BCUT2D eigenvalue weighted by atomic mass is 9.95. The van der Waals surface area contributed by atoms with Gasteiger partial charge < -0.3 is 10.6 Å². The first kappa shape index (κ1) is 21.0. The second-order valence-corrected chi connectivity index (χ2v) is 8.04. The summed E-state index contributed by atoms with van der Waals surface area (Å²) < 4.78 is 0. The molecule has 1 aliphatic carbocycles. The summed E-state index contributed by atoms with van der Waals surface area (Å²) in [6, 6.07) is 11.1. The highest BCUT2D eigenvalue weighted by molar-refractivity contribution is 7.17. The van der Waals surface area contributed by atoms with E-state index in [1.165, 1.54) is 22.4 Å². The highest BCUT2D eigenvalue weighted by Gasteiger charge is 2.26. The molecule has 0 saturated carbocycles. The van der Waals surface area contributed by atoms with Gasteiger partial charge in [-0.05, 0) is 62.4 Å². The van der Waals surface area contributed by atoms with Gasteiger partial charge in [0.1, 0.15) is 5.00 Å². The number of rotatable bonds is 4. The Morgan fingerprint density at radius 2 is 1.76 bits per heavy atom. The largest absolute Gasteiger partial charge is 0.322 e. The molecule has 2 amide bonds. The van der Waals surface area contributed by atoms with E-state index in [4.69, 9.17) is 0 Å². The Labute approximate surface area is 180 Å². The maximum Gasteiger partial charge on any atom is 0.258 e. The molecule has 1 aliphatic rings. The summed E-state index contributed by atoms with van der Waals surface area (Å²) >= 11 is 1.51. The molecule has 2 heterocycles. The number of anilines is 2. The molecule has 7 heteroatoms. The van der Waals surface area contributed by atoms with Gasteiger partial charge in [0.25, 0.3) is 11.8 Å². The van der Waals surface area contributed by atoms with E-state index in [2.05, 4.69) is 15.6 Å². The van der Waals surface area contributed by atoms with Gasteiger partial charge in [-0.2, -0.15) is 0 Å². The number of carbonyl (C=O) groups excluding carboxylic acids is 2. The zero-order chi connectivity index (χ0) is 19.5. The summed E-state index contributed by atoms with van der Waals surface area (Å²) in [5.74, 6) is -0.430. The zero-order valence-electron chi connectivity index (χ0n) is 16.0. The van der Waals surface area contributed by atoms with Gasteiger partial charge in [-0.3, -0.25) is 14.6 Å². The van der Waals surface area contributed by atoms with Gasteiger partial charge in [0, 0.05) is 23.0 Å². The van der Waals surface area contributed by atoms with E-state index < -0.39 is 0 Å². The molecular formula is C22H22ClN3O2S. The topological polar surface area (TPSA) is 71.1 Å². The molecule has 0 aliphatic heterocycles. The average molecular weight is 428 g/mol. The molecular weight excluding hydrogens is 406 g/mol. The average Bonchev–Trinajstić information content (AvgIpc) is 3.08. The molecule has 0 unspecified atom stereocenters. The minimum atomic E-state index is -0.254. The summed E-state index contributed by atoms with van der Waals surface area (Å²) in [5, 5.41) is 6.53. The van der Waals surface area contributed by atoms with Crippen LogP contribution in [0.2, 0.25) is 0 Å². The fourth-order valence-electron chi connectivity index (χ4n) is 3.40. The normalized spacial score (nSPS) is 12.4. The van der Waals surface area contributed by atoms with Crippen LogP contribution in [0.3, 0.4) is 0 Å². The molecule has 3 aromatic rings. The minimum Gasteiger partial charge on any atom is -0.322 e. The van der Waals surface area contributed by atoms with Gasteiger partial charge in [-0.15, -0.1) is 23.7 Å². The monoisotopic (exact) mass is 427 g/mol. The lowest BCUT2D eigenvalue weighted by Gasteiger charge is -2.13. The molecule has 5 nitrogen and oxygen atoms in total. The predicted octanol–water partition coefficient (Wildman–Crippen LogP) is 5.26. The van der Waals surface area contributed by atoms with Crippen LogP contribution < -0.4 is 10.6 Å². The van der Waals surface area contributed by atoms with E-state index in [9.17, 15) is 9.59 Å². The van der Waals surface area contributed by atoms with Gasteiger partial charge in [0.2, 0.25) is 0 Å². The van der Waals surface area contributed by atoms with E-state index in [-0.39, 0.29) is 24.2 Å². The van der Waals surface area contributed by atoms with Gasteiger partial charge >= 0.3 is 0 Å². The van der Waals surface area contributed by atoms with Crippen molar-refractivity contribution in [3.8, 4) is 0 Å². The lowest BCUT2D eigenvalue weighted by molar-refractivity contribution is 0.102. The standard InChI is InChI=1S/C22H21N3O2S.ClH/c1-14-8-10-16(11-9-14)24-21(27)19-17-6-2-3-7-18(17)28-22(19)25-20(26)15-5-4-12-23-13-15;/h4-5,8-13H,2-3,6-7H2,1H3,(H,24,27)(H,25,26);1H. The summed E-state index contributed by atoms with van der Waals surface area (Å²) in [5.41, 5.74) is 4.02. The minimum absolute atomic E-state index is 0. The number of hydrogen-bond donors (Lipinski definition) is 2. The third kappa shape index (κ3) is 4.66. The van der Waals surface area contributed by atoms with Gasteiger partial charge in [-0.1, -0.05) is 17.7 Å². The zero-order valence-corrected chi connectivity index (χ0v) is 17.7. The quantitative estimate of drug-likeness (QED) is 0.596. The molecule has 0 saturated heterocycles. The van der Waals surface area contributed by atoms with Crippen LogP contribution in [0.25, 0.3) is 0 Å². The molecule has 29 heavy (non-hydrogen) atoms. The first-order valence-electron chi connectivity index (χ1n) is 9.36. The van der Waals surface area contributed by atoms with Crippen LogP contribution >= 0.6 is 23.7 Å². The van der Waals surface area contributed by atoms with E-state index >= 15 is 0 Å². The van der Waals surface area contributed by atoms with Crippen LogP contribution in [-0.4, -0.2) is 16.8 Å². The van der Waals surface area contributed by atoms with Crippen molar-refractivity contribution in [3.63, 3.8) is 0 Å². The maximum atomic E-state index is 13.1. The van der Waals surface area contributed by atoms with Crippen molar-refractivity contribution in [2.45, 2.75) is 32.6 Å². The summed E-state index contributed by atoms with van der Waals surface area (Å²) in [6.07, 6.45) is 7.14. The third-order valence-corrected chi connectivity index (χ3v) is 6.07. The molecule has 0 atom stereocenters. The lowest BCUT2D eigenvalue weighted by Crippen LogP contribution is -2.18. The summed E-state index contributed by atoms with van der Waals surface area (Å²) in [7, 11) is 0. The van der Waals surface area contributed by atoms with Crippen molar-refractivity contribution in [3.05, 3.63) is 75.9 Å². The van der Waals surface area contributed by atoms with Crippen LogP contribution in [0.15, 0.2) is 48.8 Å². The predicted molar refractivity (Wildman–Crippen MR) is 120 cm³/mol. The Hall–Kier alpha value is -2.70.